The standard InChI is InChI=1S/C12H13NO2S2/c1-8(15-9(2)14)7-16-12-13-10-5-3-4-6-11(10)17-12/h3-6,8H,7H2,1-2H3/t8-/m0/s1. The van der Waals surface area contributed by atoms with Crippen molar-refractivity contribution < 1.29 is 9.53 Å². The van der Waals surface area contributed by atoms with Gasteiger partial charge in [-0.05, 0) is 19.1 Å². The molecule has 0 aliphatic carbocycles. The van der Waals surface area contributed by atoms with Gasteiger partial charge < -0.3 is 4.74 Å². The first kappa shape index (κ1) is 12.4. The first-order valence-electron chi connectivity index (χ1n) is 5.31. The van der Waals surface area contributed by atoms with Crippen LogP contribution in [-0.4, -0.2) is 22.8 Å². The van der Waals surface area contributed by atoms with Crippen molar-refractivity contribution in [2.75, 3.05) is 5.75 Å². The lowest BCUT2D eigenvalue weighted by atomic mass is 10.3. The third-order valence-corrected chi connectivity index (χ3v) is 4.49. The molecule has 17 heavy (non-hydrogen) atoms. The number of carbonyl (C=O) groups excluding carboxylic acids is 1. The molecule has 0 amide bonds. The summed E-state index contributed by atoms with van der Waals surface area (Å²) in [4.78, 5) is 15.3. The van der Waals surface area contributed by atoms with Crippen LogP contribution < -0.4 is 0 Å². The van der Waals surface area contributed by atoms with Gasteiger partial charge in [0.05, 0.1) is 10.2 Å². The molecular formula is C12H13NO2S2. The average Bonchev–Trinajstić information content (AvgIpc) is 2.68. The Bertz CT molecular complexity index is 491. The largest absolute Gasteiger partial charge is 0.462 e. The summed E-state index contributed by atoms with van der Waals surface area (Å²) in [6, 6.07) is 8.06. The van der Waals surface area contributed by atoms with E-state index in [2.05, 4.69) is 11.1 Å². The Morgan fingerprint density at radius 2 is 2.29 bits per heavy atom. The van der Waals surface area contributed by atoms with Crippen LogP contribution in [0.2, 0.25) is 0 Å². The second-order valence-electron chi connectivity index (χ2n) is 3.68. The van der Waals surface area contributed by atoms with Gasteiger partial charge in [-0.2, -0.15) is 0 Å². The third kappa shape index (κ3) is 3.44. The number of nitrogens with zero attached hydrogens (tertiary/aromatic N) is 1. The Morgan fingerprint density at radius 1 is 1.53 bits per heavy atom. The number of thiazole rings is 1. The molecule has 1 aromatic carbocycles. The summed E-state index contributed by atoms with van der Waals surface area (Å²) in [6.07, 6.45) is -0.0792. The summed E-state index contributed by atoms with van der Waals surface area (Å²) < 4.78 is 7.27. The van der Waals surface area contributed by atoms with Gasteiger partial charge in [0.2, 0.25) is 0 Å². The topological polar surface area (TPSA) is 39.2 Å². The van der Waals surface area contributed by atoms with Gasteiger partial charge in [-0.15, -0.1) is 11.3 Å². The smallest absolute Gasteiger partial charge is 0.302 e. The molecular weight excluding hydrogens is 254 g/mol. The van der Waals surface area contributed by atoms with Crippen molar-refractivity contribution in [2.24, 2.45) is 0 Å². The fourth-order valence-corrected chi connectivity index (χ4v) is 3.43. The van der Waals surface area contributed by atoms with E-state index < -0.39 is 0 Å². The quantitative estimate of drug-likeness (QED) is 0.629. The van der Waals surface area contributed by atoms with Gasteiger partial charge in [0.1, 0.15) is 6.10 Å². The molecule has 90 valence electrons. The number of benzene rings is 1. The molecule has 1 aromatic heterocycles. The van der Waals surface area contributed by atoms with E-state index in [1.807, 2.05) is 25.1 Å². The van der Waals surface area contributed by atoms with Crippen LogP contribution in [0, 0.1) is 0 Å². The maximum absolute atomic E-state index is 10.8. The van der Waals surface area contributed by atoms with E-state index in [-0.39, 0.29) is 12.1 Å². The van der Waals surface area contributed by atoms with Crippen molar-refractivity contribution in [1.29, 1.82) is 0 Å². The maximum Gasteiger partial charge on any atom is 0.302 e. The predicted octanol–water partition coefficient (Wildman–Crippen LogP) is 3.34. The molecule has 5 heteroatoms. The van der Waals surface area contributed by atoms with Crippen molar-refractivity contribution in [2.45, 2.75) is 24.3 Å². The molecule has 1 heterocycles. The number of esters is 1. The molecule has 0 aliphatic heterocycles. The molecule has 0 radical (unpaired) electrons. The molecule has 1 atom stereocenters. The van der Waals surface area contributed by atoms with Gasteiger partial charge in [-0.3, -0.25) is 4.79 Å². The molecule has 2 aromatic rings. The van der Waals surface area contributed by atoms with E-state index in [1.54, 1.807) is 23.1 Å². The lowest BCUT2D eigenvalue weighted by Gasteiger charge is -2.09. The van der Waals surface area contributed by atoms with Gasteiger partial charge in [0.15, 0.2) is 4.34 Å². The van der Waals surface area contributed by atoms with Crippen LogP contribution in [0.3, 0.4) is 0 Å². The number of hydrogen-bond acceptors (Lipinski definition) is 5. The number of rotatable bonds is 4. The molecule has 3 nitrogen and oxygen atoms in total. The minimum absolute atomic E-state index is 0.0792. The monoisotopic (exact) mass is 267 g/mol. The van der Waals surface area contributed by atoms with Gasteiger partial charge in [-0.1, -0.05) is 23.9 Å². The summed E-state index contributed by atoms with van der Waals surface area (Å²) in [5, 5.41) is 0. The van der Waals surface area contributed by atoms with Crippen molar-refractivity contribution in [3.63, 3.8) is 0 Å². The van der Waals surface area contributed by atoms with E-state index in [4.69, 9.17) is 4.74 Å². The van der Waals surface area contributed by atoms with E-state index in [0.717, 1.165) is 15.6 Å². The van der Waals surface area contributed by atoms with E-state index in [1.165, 1.54) is 11.6 Å². The average molecular weight is 267 g/mol. The summed E-state index contributed by atoms with van der Waals surface area (Å²) in [5.74, 6) is 0.502. The summed E-state index contributed by atoms with van der Waals surface area (Å²) >= 11 is 3.30. The van der Waals surface area contributed by atoms with Crippen LogP contribution in [0.1, 0.15) is 13.8 Å². The van der Waals surface area contributed by atoms with Gasteiger partial charge in [-0.25, -0.2) is 4.98 Å². The van der Waals surface area contributed by atoms with Crippen molar-refractivity contribution in [3.8, 4) is 0 Å². The number of ether oxygens (including phenoxy) is 1. The Kier molecular flexibility index (Phi) is 4.02. The molecule has 0 saturated carbocycles. The van der Waals surface area contributed by atoms with Crippen molar-refractivity contribution in [1.82, 2.24) is 4.98 Å². The SMILES string of the molecule is CC(=O)O[C@@H](C)CSc1nc2ccccc2s1. The number of aromatic nitrogens is 1. The number of para-hydroxylation sites is 1. The van der Waals surface area contributed by atoms with E-state index >= 15 is 0 Å². The summed E-state index contributed by atoms with van der Waals surface area (Å²) in [6.45, 7) is 3.32. The normalized spacial score (nSPS) is 12.6. The lowest BCUT2D eigenvalue weighted by Crippen LogP contribution is -2.14. The zero-order valence-corrected chi connectivity index (χ0v) is 11.3. The Hall–Kier alpha value is -1.07. The maximum atomic E-state index is 10.8. The minimum atomic E-state index is -0.234. The number of fused-ring (bicyclic) bond motifs is 1. The van der Waals surface area contributed by atoms with Crippen LogP contribution in [-0.2, 0) is 9.53 Å². The minimum Gasteiger partial charge on any atom is -0.462 e. The zero-order chi connectivity index (χ0) is 12.3. The molecule has 0 aliphatic rings. The molecule has 0 bridgehead atoms. The zero-order valence-electron chi connectivity index (χ0n) is 9.67. The molecule has 0 unspecified atom stereocenters. The Balaban J connectivity index is 1.97. The highest BCUT2D eigenvalue weighted by Crippen LogP contribution is 2.29. The van der Waals surface area contributed by atoms with Crippen LogP contribution in [0.4, 0.5) is 0 Å². The summed E-state index contributed by atoms with van der Waals surface area (Å²) in [5.41, 5.74) is 1.03. The number of hydrogen-bond donors (Lipinski definition) is 0. The highest BCUT2D eigenvalue weighted by atomic mass is 32.2. The van der Waals surface area contributed by atoms with Crippen molar-refractivity contribution in [3.05, 3.63) is 24.3 Å². The Morgan fingerprint density at radius 3 is 3.00 bits per heavy atom. The third-order valence-electron chi connectivity index (χ3n) is 2.08. The van der Waals surface area contributed by atoms with E-state index in [0.29, 0.717) is 0 Å². The predicted molar refractivity (Wildman–Crippen MR) is 71.6 cm³/mol. The number of carbonyl (C=O) groups is 1. The second-order valence-corrected chi connectivity index (χ2v) is 5.98. The number of thioether (sulfide) groups is 1. The highest BCUT2D eigenvalue weighted by molar-refractivity contribution is 8.01. The van der Waals surface area contributed by atoms with Crippen molar-refractivity contribution >= 4 is 39.3 Å². The first-order chi connectivity index (χ1) is 8.15. The fourth-order valence-electron chi connectivity index (χ4n) is 1.42. The second kappa shape index (κ2) is 5.51. The first-order valence-corrected chi connectivity index (χ1v) is 7.11. The van der Waals surface area contributed by atoms with Gasteiger partial charge in [0, 0.05) is 12.7 Å². The molecule has 0 fully saturated rings. The van der Waals surface area contributed by atoms with Crippen LogP contribution in [0.15, 0.2) is 28.6 Å². The lowest BCUT2D eigenvalue weighted by molar-refractivity contribution is -0.144. The molecule has 0 spiro atoms. The van der Waals surface area contributed by atoms with Crippen LogP contribution >= 0.6 is 23.1 Å². The highest BCUT2D eigenvalue weighted by Gasteiger charge is 2.09. The fraction of sp³-hybridized carbons (Fsp3) is 0.333. The molecule has 2 rings (SSSR count). The molecule has 0 N–H and O–H groups in total. The van der Waals surface area contributed by atoms with Gasteiger partial charge in [0.25, 0.3) is 0 Å². The van der Waals surface area contributed by atoms with Crippen LogP contribution in [0.25, 0.3) is 10.2 Å². The Labute approximate surface area is 108 Å². The molecule has 0 saturated heterocycles. The van der Waals surface area contributed by atoms with Crippen LogP contribution in [0.5, 0.6) is 0 Å². The summed E-state index contributed by atoms with van der Waals surface area (Å²) in [7, 11) is 0. The van der Waals surface area contributed by atoms with Gasteiger partial charge >= 0.3 is 5.97 Å². The van der Waals surface area contributed by atoms with E-state index in [9.17, 15) is 4.79 Å².